The van der Waals surface area contributed by atoms with Gasteiger partial charge in [0.2, 0.25) is 11.8 Å². The quantitative estimate of drug-likeness (QED) is 0.702. The van der Waals surface area contributed by atoms with Crippen molar-refractivity contribution in [1.82, 2.24) is 10.2 Å². The zero-order valence-corrected chi connectivity index (χ0v) is 18.1. The number of likely N-dealkylation sites (tertiary alicyclic amines) is 1. The minimum atomic E-state index is -0.159. The molecule has 162 valence electrons. The molecule has 1 aliphatic rings. The van der Waals surface area contributed by atoms with Crippen LogP contribution in [0.2, 0.25) is 0 Å². The molecule has 6 nitrogen and oxygen atoms in total. The number of anilines is 1. The molecule has 0 aromatic heterocycles. The standard InChI is InChI=1S/C25H29N3O3/c1-3-26-24(30)21-11-9-18(2)22(17-21)27-25(31)20-13-15-28(16-14-20)23(29)12-10-19-7-5-4-6-8-19/h4-12,17,20H,3,13-16H2,1-2H3,(H,26,30)(H,27,31)/b12-10+. The third kappa shape index (κ3) is 6.04. The van der Waals surface area contributed by atoms with Crippen molar-refractivity contribution in [1.29, 1.82) is 0 Å². The molecule has 6 heteroatoms. The molecule has 0 radical (unpaired) electrons. The molecule has 1 aliphatic heterocycles. The number of carbonyl (C=O) groups is 3. The largest absolute Gasteiger partial charge is 0.352 e. The molecule has 0 aliphatic carbocycles. The smallest absolute Gasteiger partial charge is 0.251 e. The highest BCUT2D eigenvalue weighted by molar-refractivity contribution is 5.98. The zero-order chi connectivity index (χ0) is 22.2. The second-order valence-electron chi connectivity index (χ2n) is 7.72. The summed E-state index contributed by atoms with van der Waals surface area (Å²) in [7, 11) is 0. The molecule has 0 atom stereocenters. The lowest BCUT2D eigenvalue weighted by molar-refractivity contribution is -0.130. The Hall–Kier alpha value is -3.41. The van der Waals surface area contributed by atoms with Crippen LogP contribution in [0.25, 0.3) is 6.08 Å². The van der Waals surface area contributed by atoms with E-state index in [1.165, 1.54) is 0 Å². The predicted molar refractivity (Wildman–Crippen MR) is 123 cm³/mol. The van der Waals surface area contributed by atoms with Crippen molar-refractivity contribution in [3.05, 3.63) is 71.3 Å². The van der Waals surface area contributed by atoms with Gasteiger partial charge < -0.3 is 15.5 Å². The van der Waals surface area contributed by atoms with Crippen molar-refractivity contribution in [2.24, 2.45) is 5.92 Å². The maximum atomic E-state index is 12.8. The number of benzene rings is 2. The van der Waals surface area contributed by atoms with Crippen molar-refractivity contribution in [2.75, 3.05) is 25.0 Å². The highest BCUT2D eigenvalue weighted by Crippen LogP contribution is 2.22. The molecule has 1 saturated heterocycles. The van der Waals surface area contributed by atoms with E-state index in [-0.39, 0.29) is 23.6 Å². The maximum Gasteiger partial charge on any atom is 0.251 e. The van der Waals surface area contributed by atoms with Gasteiger partial charge in [0, 0.05) is 42.9 Å². The van der Waals surface area contributed by atoms with E-state index in [4.69, 9.17) is 0 Å². The molecule has 1 heterocycles. The van der Waals surface area contributed by atoms with Crippen LogP contribution in [0.3, 0.4) is 0 Å². The van der Waals surface area contributed by atoms with Gasteiger partial charge in [-0.05, 0) is 56.0 Å². The molecule has 0 spiro atoms. The number of nitrogens with zero attached hydrogens (tertiary/aromatic N) is 1. The lowest BCUT2D eigenvalue weighted by atomic mass is 9.95. The van der Waals surface area contributed by atoms with Crippen LogP contribution in [0.4, 0.5) is 5.69 Å². The van der Waals surface area contributed by atoms with Gasteiger partial charge in [-0.15, -0.1) is 0 Å². The second kappa shape index (κ2) is 10.6. The summed E-state index contributed by atoms with van der Waals surface area (Å²) in [5.74, 6) is -0.417. The normalized spacial score (nSPS) is 14.5. The van der Waals surface area contributed by atoms with Gasteiger partial charge in [-0.1, -0.05) is 36.4 Å². The molecule has 0 unspecified atom stereocenters. The molecule has 2 aromatic carbocycles. The first-order chi connectivity index (χ1) is 15.0. The van der Waals surface area contributed by atoms with E-state index in [9.17, 15) is 14.4 Å². The van der Waals surface area contributed by atoms with Crippen LogP contribution >= 0.6 is 0 Å². The summed E-state index contributed by atoms with van der Waals surface area (Å²) in [6.07, 6.45) is 4.63. The van der Waals surface area contributed by atoms with Crippen LogP contribution in [0, 0.1) is 12.8 Å². The summed E-state index contributed by atoms with van der Waals surface area (Å²) in [5.41, 5.74) is 3.06. The average Bonchev–Trinajstić information content (AvgIpc) is 2.79. The van der Waals surface area contributed by atoms with Gasteiger partial charge in [-0.2, -0.15) is 0 Å². The number of amides is 3. The first kappa shape index (κ1) is 22.3. The Morgan fingerprint density at radius 2 is 1.77 bits per heavy atom. The van der Waals surface area contributed by atoms with Crippen LogP contribution in [-0.4, -0.2) is 42.3 Å². The number of hydrogen-bond donors (Lipinski definition) is 2. The van der Waals surface area contributed by atoms with Crippen molar-refractivity contribution < 1.29 is 14.4 Å². The van der Waals surface area contributed by atoms with Gasteiger partial charge in [0.25, 0.3) is 5.91 Å². The summed E-state index contributed by atoms with van der Waals surface area (Å²) < 4.78 is 0. The number of carbonyl (C=O) groups excluding carboxylic acids is 3. The molecule has 3 amide bonds. The SMILES string of the molecule is CCNC(=O)c1ccc(C)c(NC(=O)C2CCN(C(=O)/C=C/c3ccccc3)CC2)c1. The molecular formula is C25H29N3O3. The summed E-state index contributed by atoms with van der Waals surface area (Å²) in [4.78, 5) is 39.1. The van der Waals surface area contributed by atoms with Crippen molar-refractivity contribution in [3.63, 3.8) is 0 Å². The molecule has 0 bridgehead atoms. The zero-order valence-electron chi connectivity index (χ0n) is 18.1. The Morgan fingerprint density at radius 1 is 1.06 bits per heavy atom. The van der Waals surface area contributed by atoms with Gasteiger partial charge in [-0.25, -0.2) is 0 Å². The van der Waals surface area contributed by atoms with Crippen LogP contribution in [-0.2, 0) is 9.59 Å². The van der Waals surface area contributed by atoms with E-state index in [0.29, 0.717) is 43.7 Å². The molecule has 0 saturated carbocycles. The third-order valence-corrected chi connectivity index (χ3v) is 5.49. The van der Waals surface area contributed by atoms with E-state index in [1.807, 2.05) is 56.3 Å². The van der Waals surface area contributed by atoms with E-state index >= 15 is 0 Å². The number of nitrogens with one attached hydrogen (secondary N) is 2. The Morgan fingerprint density at radius 3 is 2.45 bits per heavy atom. The Bertz CT molecular complexity index is 961. The number of hydrogen-bond acceptors (Lipinski definition) is 3. The number of aryl methyl sites for hydroxylation is 1. The maximum absolute atomic E-state index is 12.8. The van der Waals surface area contributed by atoms with E-state index in [0.717, 1.165) is 11.1 Å². The topological polar surface area (TPSA) is 78.5 Å². The molecular weight excluding hydrogens is 390 g/mol. The summed E-state index contributed by atoms with van der Waals surface area (Å²) in [5, 5.41) is 5.74. The van der Waals surface area contributed by atoms with Crippen LogP contribution in [0.15, 0.2) is 54.6 Å². The first-order valence-electron chi connectivity index (χ1n) is 10.7. The van der Waals surface area contributed by atoms with E-state index in [1.54, 1.807) is 23.1 Å². The second-order valence-corrected chi connectivity index (χ2v) is 7.72. The van der Waals surface area contributed by atoms with Crippen molar-refractivity contribution >= 4 is 29.5 Å². The summed E-state index contributed by atoms with van der Waals surface area (Å²) in [6.45, 7) is 5.41. The van der Waals surface area contributed by atoms with Gasteiger partial charge in [0.15, 0.2) is 0 Å². The van der Waals surface area contributed by atoms with E-state index in [2.05, 4.69) is 10.6 Å². The number of piperidine rings is 1. The molecule has 1 fully saturated rings. The Balaban J connectivity index is 1.54. The fourth-order valence-electron chi connectivity index (χ4n) is 3.59. The molecule has 3 rings (SSSR count). The minimum absolute atomic E-state index is 0.0341. The van der Waals surface area contributed by atoms with E-state index < -0.39 is 0 Å². The van der Waals surface area contributed by atoms with Gasteiger partial charge in [-0.3, -0.25) is 14.4 Å². The highest BCUT2D eigenvalue weighted by Gasteiger charge is 2.27. The Kier molecular flexibility index (Phi) is 7.60. The highest BCUT2D eigenvalue weighted by atomic mass is 16.2. The average molecular weight is 420 g/mol. The van der Waals surface area contributed by atoms with Crippen LogP contribution in [0.5, 0.6) is 0 Å². The number of rotatable bonds is 6. The molecule has 2 aromatic rings. The van der Waals surface area contributed by atoms with Crippen molar-refractivity contribution in [2.45, 2.75) is 26.7 Å². The monoisotopic (exact) mass is 419 g/mol. The fraction of sp³-hybridized carbons (Fsp3) is 0.320. The molecule has 2 N–H and O–H groups in total. The summed E-state index contributed by atoms with van der Waals surface area (Å²) >= 11 is 0. The molecule has 31 heavy (non-hydrogen) atoms. The van der Waals surface area contributed by atoms with Crippen LogP contribution < -0.4 is 10.6 Å². The Labute approximate surface area is 183 Å². The fourth-order valence-corrected chi connectivity index (χ4v) is 3.59. The first-order valence-corrected chi connectivity index (χ1v) is 10.7. The lowest BCUT2D eigenvalue weighted by Gasteiger charge is -2.30. The van der Waals surface area contributed by atoms with Gasteiger partial charge >= 0.3 is 0 Å². The minimum Gasteiger partial charge on any atom is -0.352 e. The summed E-state index contributed by atoms with van der Waals surface area (Å²) in [6, 6.07) is 15.0. The van der Waals surface area contributed by atoms with Gasteiger partial charge in [0.1, 0.15) is 0 Å². The third-order valence-electron chi connectivity index (χ3n) is 5.49. The lowest BCUT2D eigenvalue weighted by Crippen LogP contribution is -2.40. The van der Waals surface area contributed by atoms with Gasteiger partial charge in [0.05, 0.1) is 0 Å². The van der Waals surface area contributed by atoms with Crippen LogP contribution in [0.1, 0.15) is 41.3 Å². The van der Waals surface area contributed by atoms with Crippen molar-refractivity contribution in [3.8, 4) is 0 Å². The predicted octanol–water partition coefficient (Wildman–Crippen LogP) is 3.64.